The zero-order chi connectivity index (χ0) is 22.9. The van der Waals surface area contributed by atoms with Crippen LogP contribution in [0.5, 0.6) is 0 Å². The number of carbonyl (C=O) groups excluding carboxylic acids is 4. The van der Waals surface area contributed by atoms with E-state index >= 15 is 0 Å². The van der Waals surface area contributed by atoms with Gasteiger partial charge in [0.05, 0.1) is 17.8 Å². The van der Waals surface area contributed by atoms with Crippen LogP contribution >= 0.6 is 11.6 Å². The summed E-state index contributed by atoms with van der Waals surface area (Å²) in [4.78, 5) is 52.9. The maximum absolute atomic E-state index is 13.3. The first-order chi connectivity index (χ1) is 15.9. The molecule has 6 atom stereocenters. The van der Waals surface area contributed by atoms with E-state index in [-0.39, 0.29) is 65.8 Å². The number of rotatable bonds is 5. The Morgan fingerprint density at radius 2 is 1.48 bits per heavy atom. The molecule has 1 aromatic rings. The number of esters is 1. The monoisotopic (exact) mass is 467 g/mol. The van der Waals surface area contributed by atoms with E-state index in [2.05, 4.69) is 12.2 Å². The smallest absolute Gasteiger partial charge is 0.309 e. The summed E-state index contributed by atoms with van der Waals surface area (Å²) >= 11 is 5.84. The van der Waals surface area contributed by atoms with Crippen molar-refractivity contribution in [2.45, 2.75) is 38.1 Å². The standard InChI is InChI=1S/C26H26ClNO5/c27-15-5-1-13(2-6-15)21(29)12-33-26(32)14-3-7-16(8-4-14)28-24(30)22-17-9-10-18(20-11-19(17)20)23(22)25(28)31/h1-2,5-6,9-10,14,16-20,22-23H,3-4,7-8,11-12H2/t14?,16?,17-,18-,19-,20+,22+,23+/m0/s1. The van der Waals surface area contributed by atoms with Crippen LogP contribution in [0.25, 0.3) is 0 Å². The largest absolute Gasteiger partial charge is 0.457 e. The highest BCUT2D eigenvalue weighted by Gasteiger charge is 2.67. The van der Waals surface area contributed by atoms with Crippen LogP contribution in [0.4, 0.5) is 0 Å². The van der Waals surface area contributed by atoms with E-state index in [0.717, 1.165) is 6.42 Å². The third kappa shape index (κ3) is 3.37. The highest BCUT2D eigenvalue weighted by molar-refractivity contribution is 6.30. The molecular weight excluding hydrogens is 442 g/mol. The van der Waals surface area contributed by atoms with E-state index in [4.69, 9.17) is 16.3 Å². The predicted octanol–water partition coefficient (Wildman–Crippen LogP) is 3.68. The van der Waals surface area contributed by atoms with Crippen molar-refractivity contribution in [3.05, 3.63) is 47.0 Å². The summed E-state index contributed by atoms with van der Waals surface area (Å²) in [6.07, 6.45) is 7.86. The highest BCUT2D eigenvalue weighted by atomic mass is 35.5. The molecule has 7 heteroatoms. The number of likely N-dealkylation sites (tertiary alicyclic amines) is 1. The van der Waals surface area contributed by atoms with Gasteiger partial charge in [-0.25, -0.2) is 0 Å². The highest BCUT2D eigenvalue weighted by Crippen LogP contribution is 2.65. The molecule has 1 aliphatic heterocycles. The zero-order valence-electron chi connectivity index (χ0n) is 18.2. The average molecular weight is 468 g/mol. The van der Waals surface area contributed by atoms with Gasteiger partial charge in [-0.2, -0.15) is 0 Å². The molecule has 0 radical (unpaired) electrons. The van der Waals surface area contributed by atoms with E-state index < -0.39 is 0 Å². The lowest BCUT2D eigenvalue weighted by Crippen LogP contribution is -2.44. The topological polar surface area (TPSA) is 80.8 Å². The van der Waals surface area contributed by atoms with E-state index in [0.29, 0.717) is 48.1 Å². The van der Waals surface area contributed by atoms with Gasteiger partial charge in [-0.05, 0) is 80.0 Å². The van der Waals surface area contributed by atoms with Crippen molar-refractivity contribution in [3.8, 4) is 0 Å². The van der Waals surface area contributed by atoms with Crippen molar-refractivity contribution in [2.75, 3.05) is 6.61 Å². The number of ether oxygens (including phenoxy) is 1. The van der Waals surface area contributed by atoms with Crippen LogP contribution in [0.3, 0.4) is 0 Å². The molecule has 1 aromatic carbocycles. The minimum Gasteiger partial charge on any atom is -0.457 e. The Labute approximate surface area is 197 Å². The van der Waals surface area contributed by atoms with Crippen molar-refractivity contribution in [1.82, 2.24) is 4.90 Å². The number of carbonyl (C=O) groups is 4. The van der Waals surface area contributed by atoms with Crippen LogP contribution in [0.2, 0.25) is 5.02 Å². The number of ketones is 1. The summed E-state index contributed by atoms with van der Waals surface area (Å²) in [5.74, 6) is 0.376. The first-order valence-corrected chi connectivity index (χ1v) is 12.3. The fourth-order valence-corrected chi connectivity index (χ4v) is 7.01. The first-order valence-electron chi connectivity index (χ1n) is 11.9. The SMILES string of the molecule is O=C(COC(=O)C1CCC(N2C(=O)[C@@H]3[C@H]4C=C[C@@H]([C@@H]5C[C@H]45)[C@H]3C2=O)CC1)c1ccc(Cl)cc1. The van der Waals surface area contributed by atoms with Crippen LogP contribution in [0.15, 0.2) is 36.4 Å². The molecule has 0 unspecified atom stereocenters. The third-order valence-corrected chi connectivity index (χ3v) is 8.86. The number of amides is 2. The fraction of sp³-hybridized carbons (Fsp3) is 0.538. The third-order valence-electron chi connectivity index (χ3n) is 8.60. The number of imide groups is 1. The second kappa shape index (κ2) is 7.79. The number of benzene rings is 1. The van der Waals surface area contributed by atoms with Crippen molar-refractivity contribution < 1.29 is 23.9 Å². The maximum Gasteiger partial charge on any atom is 0.309 e. The van der Waals surface area contributed by atoms with Crippen molar-refractivity contribution in [2.24, 2.45) is 41.4 Å². The van der Waals surface area contributed by atoms with E-state index in [1.807, 2.05) is 0 Å². The van der Waals surface area contributed by atoms with E-state index in [1.54, 1.807) is 29.2 Å². The van der Waals surface area contributed by atoms with Gasteiger partial charge < -0.3 is 4.74 Å². The molecule has 5 aliphatic carbocycles. The lowest BCUT2D eigenvalue weighted by Gasteiger charge is -2.37. The molecule has 2 amide bonds. The summed E-state index contributed by atoms with van der Waals surface area (Å²) in [5, 5.41) is 0.537. The molecule has 6 nitrogen and oxygen atoms in total. The Morgan fingerprint density at radius 1 is 0.909 bits per heavy atom. The summed E-state index contributed by atoms with van der Waals surface area (Å²) in [7, 11) is 0. The molecule has 33 heavy (non-hydrogen) atoms. The Morgan fingerprint density at radius 3 is 2.06 bits per heavy atom. The number of allylic oxidation sites excluding steroid dienone is 2. The maximum atomic E-state index is 13.3. The van der Waals surface area contributed by atoms with Crippen molar-refractivity contribution in [3.63, 3.8) is 0 Å². The van der Waals surface area contributed by atoms with E-state index in [1.165, 1.54) is 0 Å². The Kier molecular flexibility index (Phi) is 4.98. The molecule has 4 fully saturated rings. The molecule has 0 aromatic heterocycles. The lowest BCUT2D eigenvalue weighted by molar-refractivity contribution is -0.149. The van der Waals surface area contributed by atoms with Gasteiger partial charge in [0.2, 0.25) is 11.8 Å². The summed E-state index contributed by atoms with van der Waals surface area (Å²) in [5.41, 5.74) is 0.449. The fourth-order valence-electron chi connectivity index (χ4n) is 6.88. The number of Topliss-reactive ketones (excluding diaryl/α,β-unsaturated/α-hetero) is 1. The predicted molar refractivity (Wildman–Crippen MR) is 119 cm³/mol. The Bertz CT molecular complexity index is 1020. The quantitative estimate of drug-likeness (QED) is 0.285. The van der Waals surface area contributed by atoms with Gasteiger partial charge in [0.15, 0.2) is 12.4 Å². The van der Waals surface area contributed by atoms with Gasteiger partial charge in [-0.1, -0.05) is 23.8 Å². The normalized spacial score (nSPS) is 38.2. The van der Waals surface area contributed by atoms with Gasteiger partial charge in [0.1, 0.15) is 0 Å². The average Bonchev–Trinajstić information content (AvgIpc) is 3.61. The molecule has 6 aliphatic rings. The molecule has 1 heterocycles. The molecule has 2 bridgehead atoms. The summed E-state index contributed by atoms with van der Waals surface area (Å²) in [6, 6.07) is 6.33. The Hall–Kier alpha value is -2.47. The van der Waals surface area contributed by atoms with Crippen molar-refractivity contribution >= 4 is 35.2 Å². The van der Waals surface area contributed by atoms with Gasteiger partial charge >= 0.3 is 5.97 Å². The molecule has 1 saturated heterocycles. The first kappa shape index (κ1) is 21.1. The number of hydrogen-bond acceptors (Lipinski definition) is 5. The van der Waals surface area contributed by atoms with Crippen LogP contribution in [-0.4, -0.2) is 41.1 Å². The van der Waals surface area contributed by atoms with Crippen LogP contribution < -0.4 is 0 Å². The minimum atomic E-state index is -0.383. The number of nitrogens with zero attached hydrogens (tertiary/aromatic N) is 1. The number of halogens is 1. The molecule has 0 spiro atoms. The van der Waals surface area contributed by atoms with Gasteiger partial charge in [-0.3, -0.25) is 24.1 Å². The molecule has 7 rings (SSSR count). The van der Waals surface area contributed by atoms with Gasteiger partial charge in [-0.15, -0.1) is 0 Å². The van der Waals surface area contributed by atoms with Crippen LogP contribution in [-0.2, 0) is 19.1 Å². The molecule has 3 saturated carbocycles. The Balaban J connectivity index is 1.04. The van der Waals surface area contributed by atoms with Crippen molar-refractivity contribution in [1.29, 1.82) is 0 Å². The second-order valence-corrected chi connectivity index (χ2v) is 10.7. The van der Waals surface area contributed by atoms with Crippen LogP contribution in [0.1, 0.15) is 42.5 Å². The molecule has 0 N–H and O–H groups in total. The second-order valence-electron chi connectivity index (χ2n) is 10.2. The lowest BCUT2D eigenvalue weighted by atomic mass is 9.63. The summed E-state index contributed by atoms with van der Waals surface area (Å²) in [6.45, 7) is -0.301. The molecule has 172 valence electrons. The number of hydrogen-bond donors (Lipinski definition) is 0. The molecular formula is C26H26ClNO5. The van der Waals surface area contributed by atoms with E-state index in [9.17, 15) is 19.2 Å². The van der Waals surface area contributed by atoms with Gasteiger partial charge in [0, 0.05) is 16.6 Å². The minimum absolute atomic E-state index is 0.00860. The van der Waals surface area contributed by atoms with Gasteiger partial charge in [0.25, 0.3) is 0 Å². The summed E-state index contributed by atoms with van der Waals surface area (Å²) < 4.78 is 5.28. The zero-order valence-corrected chi connectivity index (χ0v) is 18.9. The van der Waals surface area contributed by atoms with Crippen LogP contribution in [0, 0.1) is 41.4 Å².